The lowest BCUT2D eigenvalue weighted by Gasteiger charge is -2.21. The minimum absolute atomic E-state index is 0.171. The van der Waals surface area contributed by atoms with Gasteiger partial charge in [0.25, 0.3) is 0 Å². The van der Waals surface area contributed by atoms with Gasteiger partial charge >= 0.3 is 0 Å². The van der Waals surface area contributed by atoms with Gasteiger partial charge in [0.1, 0.15) is 0 Å². The van der Waals surface area contributed by atoms with Crippen LogP contribution in [0.1, 0.15) is 19.4 Å². The minimum atomic E-state index is -3.47. The van der Waals surface area contributed by atoms with Crippen LogP contribution in [0.2, 0.25) is 0 Å². The highest BCUT2D eigenvalue weighted by Gasteiger charge is 2.22. The quantitative estimate of drug-likeness (QED) is 0.860. The Hall–Kier alpha value is -0.910. The Bertz CT molecular complexity index is 466. The Morgan fingerprint density at radius 1 is 1.22 bits per heavy atom. The van der Waals surface area contributed by atoms with Gasteiger partial charge < -0.3 is 4.74 Å². The van der Waals surface area contributed by atoms with Crippen LogP contribution in [0.25, 0.3) is 0 Å². The lowest BCUT2D eigenvalue weighted by atomic mass is 10.1. The molecule has 0 spiro atoms. The van der Waals surface area contributed by atoms with E-state index in [-0.39, 0.29) is 16.9 Å². The average Bonchev–Trinajstić information content (AvgIpc) is 2.28. The molecule has 0 saturated carbocycles. The van der Waals surface area contributed by atoms with Crippen LogP contribution >= 0.6 is 0 Å². The van der Waals surface area contributed by atoms with Crippen molar-refractivity contribution in [2.45, 2.75) is 31.7 Å². The van der Waals surface area contributed by atoms with Crippen LogP contribution in [0.3, 0.4) is 0 Å². The normalized spacial score (nSPS) is 13.8. The molecular formula is C13H21NO3S. The Morgan fingerprint density at radius 3 is 2.22 bits per heavy atom. The third kappa shape index (κ3) is 4.08. The fraction of sp³-hybridized carbons (Fsp3) is 0.538. The molecular weight excluding hydrogens is 250 g/mol. The third-order valence-electron chi connectivity index (χ3n) is 2.79. The maximum absolute atomic E-state index is 12.2. The molecule has 0 aliphatic rings. The van der Waals surface area contributed by atoms with Gasteiger partial charge in [0.15, 0.2) is 0 Å². The molecule has 0 aliphatic carbocycles. The van der Waals surface area contributed by atoms with E-state index in [1.54, 1.807) is 31.4 Å². The van der Waals surface area contributed by atoms with Gasteiger partial charge in [-0.3, -0.25) is 0 Å². The van der Waals surface area contributed by atoms with Crippen LogP contribution in [0.4, 0.5) is 0 Å². The highest BCUT2D eigenvalue weighted by Crippen LogP contribution is 2.12. The van der Waals surface area contributed by atoms with E-state index in [0.29, 0.717) is 6.61 Å². The zero-order chi connectivity index (χ0) is 13.8. The summed E-state index contributed by atoms with van der Waals surface area (Å²) in [4.78, 5) is 0.287. The molecule has 4 nitrogen and oxygen atoms in total. The molecule has 0 aromatic heterocycles. The summed E-state index contributed by atoms with van der Waals surface area (Å²) >= 11 is 0. The summed E-state index contributed by atoms with van der Waals surface area (Å²) in [7, 11) is -1.91. The second-order valence-corrected chi connectivity index (χ2v) is 6.45. The minimum Gasteiger partial charge on any atom is -0.383 e. The molecule has 0 aliphatic heterocycles. The monoisotopic (exact) mass is 271 g/mol. The van der Waals surface area contributed by atoms with Crippen molar-refractivity contribution in [3.05, 3.63) is 29.8 Å². The van der Waals surface area contributed by atoms with E-state index in [1.807, 2.05) is 20.8 Å². The highest BCUT2D eigenvalue weighted by atomic mass is 32.2. The van der Waals surface area contributed by atoms with Crippen molar-refractivity contribution in [2.24, 2.45) is 5.92 Å². The Labute approximate surface area is 109 Å². The average molecular weight is 271 g/mol. The zero-order valence-electron chi connectivity index (χ0n) is 11.3. The largest absolute Gasteiger partial charge is 0.383 e. The van der Waals surface area contributed by atoms with Crippen LogP contribution < -0.4 is 4.72 Å². The second-order valence-electron chi connectivity index (χ2n) is 4.74. The molecule has 1 N–H and O–H groups in total. The number of methoxy groups -OCH3 is 1. The molecule has 18 heavy (non-hydrogen) atoms. The van der Waals surface area contributed by atoms with Crippen molar-refractivity contribution in [1.82, 2.24) is 4.72 Å². The number of sulfonamides is 1. The molecule has 0 radical (unpaired) electrons. The number of nitrogens with one attached hydrogen (secondary N) is 1. The molecule has 0 amide bonds. The van der Waals surface area contributed by atoms with Crippen LogP contribution in [-0.2, 0) is 14.8 Å². The van der Waals surface area contributed by atoms with Gasteiger partial charge in [0, 0.05) is 13.2 Å². The van der Waals surface area contributed by atoms with Crippen LogP contribution in [0.15, 0.2) is 29.2 Å². The van der Waals surface area contributed by atoms with E-state index in [2.05, 4.69) is 4.72 Å². The second kappa shape index (κ2) is 6.31. The maximum atomic E-state index is 12.2. The lowest BCUT2D eigenvalue weighted by Crippen LogP contribution is -2.41. The van der Waals surface area contributed by atoms with Crippen LogP contribution in [0.5, 0.6) is 0 Å². The summed E-state index contributed by atoms with van der Waals surface area (Å²) in [6.07, 6.45) is 0. The Kier molecular flexibility index (Phi) is 5.31. The van der Waals surface area contributed by atoms with Crippen molar-refractivity contribution in [1.29, 1.82) is 0 Å². The predicted molar refractivity (Wildman–Crippen MR) is 72.0 cm³/mol. The van der Waals surface area contributed by atoms with E-state index >= 15 is 0 Å². The first-order valence-electron chi connectivity index (χ1n) is 5.94. The number of rotatable bonds is 6. The van der Waals surface area contributed by atoms with E-state index in [0.717, 1.165) is 5.56 Å². The number of benzene rings is 1. The SMILES string of the molecule is COC[C@H](NS(=O)(=O)c1ccc(C)cc1)C(C)C. The summed E-state index contributed by atoms with van der Waals surface area (Å²) in [5, 5.41) is 0. The van der Waals surface area contributed by atoms with E-state index in [9.17, 15) is 8.42 Å². The summed E-state index contributed by atoms with van der Waals surface area (Å²) in [6, 6.07) is 6.58. The van der Waals surface area contributed by atoms with Gasteiger partial charge in [-0.2, -0.15) is 0 Å². The Morgan fingerprint density at radius 2 is 1.78 bits per heavy atom. The highest BCUT2D eigenvalue weighted by molar-refractivity contribution is 7.89. The van der Waals surface area contributed by atoms with E-state index in [4.69, 9.17) is 4.74 Å². The topological polar surface area (TPSA) is 55.4 Å². The molecule has 1 aromatic rings. The third-order valence-corrected chi connectivity index (χ3v) is 4.29. The molecule has 5 heteroatoms. The molecule has 1 atom stereocenters. The first-order valence-corrected chi connectivity index (χ1v) is 7.43. The fourth-order valence-electron chi connectivity index (χ4n) is 1.53. The van der Waals surface area contributed by atoms with Crippen molar-refractivity contribution in [3.63, 3.8) is 0 Å². The molecule has 0 saturated heterocycles. The molecule has 0 bridgehead atoms. The predicted octanol–water partition coefficient (Wildman–Crippen LogP) is 1.94. The smallest absolute Gasteiger partial charge is 0.240 e. The number of hydrogen-bond acceptors (Lipinski definition) is 3. The summed E-state index contributed by atoms with van der Waals surface area (Å²) in [5.74, 6) is 0.171. The van der Waals surface area contributed by atoms with E-state index in [1.165, 1.54) is 0 Å². The maximum Gasteiger partial charge on any atom is 0.240 e. The van der Waals surface area contributed by atoms with Crippen LogP contribution in [0, 0.1) is 12.8 Å². The molecule has 1 aromatic carbocycles. The number of ether oxygens (including phenoxy) is 1. The van der Waals surface area contributed by atoms with Crippen molar-refractivity contribution in [2.75, 3.05) is 13.7 Å². The number of hydrogen-bond donors (Lipinski definition) is 1. The first-order chi connectivity index (χ1) is 8.36. The molecule has 102 valence electrons. The number of aryl methyl sites for hydroxylation is 1. The summed E-state index contributed by atoms with van der Waals surface area (Å²) in [6.45, 7) is 6.21. The van der Waals surface area contributed by atoms with Crippen LogP contribution in [-0.4, -0.2) is 28.2 Å². The summed E-state index contributed by atoms with van der Waals surface area (Å²) < 4.78 is 32.0. The lowest BCUT2D eigenvalue weighted by molar-refractivity contribution is 0.157. The van der Waals surface area contributed by atoms with Crippen molar-refractivity contribution >= 4 is 10.0 Å². The van der Waals surface area contributed by atoms with Gasteiger partial charge in [-0.1, -0.05) is 31.5 Å². The molecule has 0 unspecified atom stereocenters. The Balaban J connectivity index is 2.89. The first kappa shape index (κ1) is 15.1. The molecule has 0 heterocycles. The van der Waals surface area contributed by atoms with E-state index < -0.39 is 10.0 Å². The van der Waals surface area contributed by atoms with Gasteiger partial charge in [-0.05, 0) is 25.0 Å². The van der Waals surface area contributed by atoms with Gasteiger partial charge in [0.2, 0.25) is 10.0 Å². The molecule has 1 rings (SSSR count). The zero-order valence-corrected chi connectivity index (χ0v) is 12.1. The van der Waals surface area contributed by atoms with Crippen molar-refractivity contribution < 1.29 is 13.2 Å². The van der Waals surface area contributed by atoms with Gasteiger partial charge in [0.05, 0.1) is 11.5 Å². The van der Waals surface area contributed by atoms with Gasteiger partial charge in [-0.15, -0.1) is 0 Å². The molecule has 0 fully saturated rings. The van der Waals surface area contributed by atoms with Gasteiger partial charge in [-0.25, -0.2) is 13.1 Å². The standard InChI is InChI=1S/C13H21NO3S/c1-10(2)13(9-17-4)14-18(15,16)12-7-5-11(3)6-8-12/h5-8,10,13-14H,9H2,1-4H3/t13-/m0/s1. The van der Waals surface area contributed by atoms with Crippen molar-refractivity contribution in [3.8, 4) is 0 Å². The summed E-state index contributed by atoms with van der Waals surface area (Å²) in [5.41, 5.74) is 1.03. The fourth-order valence-corrected chi connectivity index (χ4v) is 2.90.